The number of oxazole rings is 1. The highest BCUT2D eigenvalue weighted by molar-refractivity contribution is 5.72. The topological polar surface area (TPSA) is 81.8 Å². The molecule has 18 heavy (non-hydrogen) atoms. The fourth-order valence-corrected chi connectivity index (χ4v) is 1.70. The van der Waals surface area contributed by atoms with Gasteiger partial charge in [-0.25, -0.2) is 4.79 Å². The lowest BCUT2D eigenvalue weighted by Crippen LogP contribution is -2.38. The Labute approximate surface area is 104 Å². The van der Waals surface area contributed by atoms with Crippen molar-refractivity contribution < 1.29 is 4.42 Å². The lowest BCUT2D eigenvalue weighted by Gasteiger charge is -2.17. The van der Waals surface area contributed by atoms with Gasteiger partial charge in [0.25, 0.3) is 0 Å². The van der Waals surface area contributed by atoms with Gasteiger partial charge >= 0.3 is 5.76 Å². The molecule has 0 unspecified atom stereocenters. The van der Waals surface area contributed by atoms with Crippen molar-refractivity contribution >= 4 is 11.1 Å². The molecular formula is C13H15N3O2. The molecule has 0 aliphatic carbocycles. The molecule has 0 saturated carbocycles. The van der Waals surface area contributed by atoms with Crippen molar-refractivity contribution in [2.75, 3.05) is 6.54 Å². The number of aromatic amines is 1. The summed E-state index contributed by atoms with van der Waals surface area (Å²) >= 11 is 0. The Kier molecular flexibility index (Phi) is 3.21. The summed E-state index contributed by atoms with van der Waals surface area (Å²) in [6.45, 7) is 4.36. The van der Waals surface area contributed by atoms with Crippen LogP contribution in [0.2, 0.25) is 0 Å². The third-order valence-electron chi connectivity index (χ3n) is 2.75. The third kappa shape index (κ3) is 2.79. The molecule has 0 amide bonds. The number of nitriles is 1. The Morgan fingerprint density at radius 2 is 2.28 bits per heavy atom. The molecule has 1 heterocycles. The molecule has 1 aromatic heterocycles. The molecule has 5 heteroatoms. The maximum absolute atomic E-state index is 11.0. The maximum Gasteiger partial charge on any atom is 0.417 e. The van der Waals surface area contributed by atoms with Gasteiger partial charge in [-0.15, -0.1) is 0 Å². The average molecular weight is 245 g/mol. The molecule has 94 valence electrons. The summed E-state index contributed by atoms with van der Waals surface area (Å²) in [5, 5.41) is 12.0. The van der Waals surface area contributed by atoms with Crippen LogP contribution in [-0.2, 0) is 6.42 Å². The molecule has 0 spiro atoms. The van der Waals surface area contributed by atoms with Crippen LogP contribution in [-0.4, -0.2) is 17.1 Å². The van der Waals surface area contributed by atoms with E-state index in [4.69, 9.17) is 9.68 Å². The van der Waals surface area contributed by atoms with Crippen LogP contribution in [0.15, 0.2) is 27.4 Å². The highest BCUT2D eigenvalue weighted by Gasteiger charge is 2.14. The number of H-pyrrole nitrogens is 1. The van der Waals surface area contributed by atoms with Gasteiger partial charge in [0.2, 0.25) is 0 Å². The first-order valence-electron chi connectivity index (χ1n) is 5.78. The number of hydrogen-bond donors (Lipinski definition) is 2. The van der Waals surface area contributed by atoms with E-state index in [9.17, 15) is 4.79 Å². The number of hydrogen-bond acceptors (Lipinski definition) is 4. The second kappa shape index (κ2) is 4.67. The van der Waals surface area contributed by atoms with Crippen molar-refractivity contribution in [3.63, 3.8) is 0 Å². The van der Waals surface area contributed by atoms with Gasteiger partial charge in [-0.2, -0.15) is 5.26 Å². The summed E-state index contributed by atoms with van der Waals surface area (Å²) in [6, 6.07) is 7.79. The fraction of sp³-hybridized carbons (Fsp3) is 0.385. The SMILES string of the molecule is CC(C)(C#N)NCCc1ccc2[nH]c(=O)oc2c1. The van der Waals surface area contributed by atoms with Crippen LogP contribution in [0.5, 0.6) is 0 Å². The van der Waals surface area contributed by atoms with Crippen LogP contribution < -0.4 is 11.1 Å². The van der Waals surface area contributed by atoms with E-state index in [2.05, 4.69) is 16.4 Å². The van der Waals surface area contributed by atoms with Crippen LogP contribution in [0.1, 0.15) is 19.4 Å². The zero-order chi connectivity index (χ0) is 13.2. The van der Waals surface area contributed by atoms with Crippen LogP contribution >= 0.6 is 0 Å². The standard InChI is InChI=1S/C13H15N3O2/c1-13(2,8-14)15-6-5-9-3-4-10-11(7-9)18-12(17)16-10/h3-4,7,15H,5-6H2,1-2H3,(H,16,17). The quantitative estimate of drug-likeness (QED) is 0.856. The minimum absolute atomic E-state index is 0.439. The first kappa shape index (κ1) is 12.4. The predicted molar refractivity (Wildman–Crippen MR) is 68.2 cm³/mol. The minimum Gasteiger partial charge on any atom is -0.408 e. The zero-order valence-electron chi connectivity index (χ0n) is 10.4. The van der Waals surface area contributed by atoms with E-state index in [0.717, 1.165) is 12.0 Å². The highest BCUT2D eigenvalue weighted by atomic mass is 16.4. The van der Waals surface area contributed by atoms with Gasteiger partial charge in [0.05, 0.1) is 11.6 Å². The number of aromatic nitrogens is 1. The molecule has 0 bridgehead atoms. The van der Waals surface area contributed by atoms with E-state index >= 15 is 0 Å². The minimum atomic E-state index is -0.523. The molecule has 2 rings (SSSR count). The van der Waals surface area contributed by atoms with Crippen LogP contribution in [0.3, 0.4) is 0 Å². The Balaban J connectivity index is 2.04. The molecule has 2 aromatic rings. The van der Waals surface area contributed by atoms with E-state index in [-0.39, 0.29) is 0 Å². The first-order valence-corrected chi connectivity index (χ1v) is 5.78. The van der Waals surface area contributed by atoms with Crippen LogP contribution in [0, 0.1) is 11.3 Å². The molecule has 0 atom stereocenters. The molecular weight excluding hydrogens is 230 g/mol. The van der Waals surface area contributed by atoms with E-state index in [1.807, 2.05) is 32.0 Å². The summed E-state index contributed by atoms with van der Waals surface area (Å²) in [5.74, 6) is -0.439. The molecule has 0 saturated heterocycles. The van der Waals surface area contributed by atoms with Gasteiger partial charge in [-0.05, 0) is 38.0 Å². The van der Waals surface area contributed by atoms with Crippen molar-refractivity contribution in [1.82, 2.24) is 10.3 Å². The molecule has 0 aliphatic heterocycles. The van der Waals surface area contributed by atoms with Crippen LogP contribution in [0.4, 0.5) is 0 Å². The molecule has 2 N–H and O–H groups in total. The van der Waals surface area contributed by atoms with E-state index in [0.29, 0.717) is 17.6 Å². The van der Waals surface area contributed by atoms with Crippen molar-refractivity contribution in [3.8, 4) is 6.07 Å². The van der Waals surface area contributed by atoms with Gasteiger partial charge in [0.1, 0.15) is 5.54 Å². The van der Waals surface area contributed by atoms with Crippen molar-refractivity contribution in [2.45, 2.75) is 25.8 Å². The number of nitrogens with zero attached hydrogens (tertiary/aromatic N) is 1. The second-order valence-corrected chi connectivity index (χ2v) is 4.76. The number of benzene rings is 1. The Bertz CT molecular complexity index is 646. The lowest BCUT2D eigenvalue weighted by molar-refractivity contribution is 0.490. The maximum atomic E-state index is 11.0. The van der Waals surface area contributed by atoms with Crippen molar-refractivity contribution in [1.29, 1.82) is 5.26 Å². The van der Waals surface area contributed by atoms with Gasteiger partial charge in [-0.3, -0.25) is 10.3 Å². The molecule has 0 aliphatic rings. The Hall–Kier alpha value is -2.06. The molecule has 0 radical (unpaired) electrons. The molecule has 0 fully saturated rings. The summed E-state index contributed by atoms with van der Waals surface area (Å²) in [7, 11) is 0. The largest absolute Gasteiger partial charge is 0.417 e. The number of rotatable bonds is 4. The van der Waals surface area contributed by atoms with E-state index < -0.39 is 11.3 Å². The van der Waals surface area contributed by atoms with Crippen molar-refractivity contribution in [2.24, 2.45) is 0 Å². The summed E-state index contributed by atoms with van der Waals surface area (Å²) in [5.41, 5.74) is 1.81. The molecule has 5 nitrogen and oxygen atoms in total. The number of nitrogens with one attached hydrogen (secondary N) is 2. The third-order valence-corrected chi connectivity index (χ3v) is 2.75. The number of fused-ring (bicyclic) bond motifs is 1. The van der Waals surface area contributed by atoms with Gasteiger partial charge in [0.15, 0.2) is 5.58 Å². The van der Waals surface area contributed by atoms with Crippen LogP contribution in [0.25, 0.3) is 11.1 Å². The predicted octanol–water partition coefficient (Wildman–Crippen LogP) is 1.56. The summed E-state index contributed by atoms with van der Waals surface area (Å²) in [6.07, 6.45) is 0.774. The van der Waals surface area contributed by atoms with Gasteiger partial charge in [0, 0.05) is 6.54 Å². The zero-order valence-corrected chi connectivity index (χ0v) is 10.4. The second-order valence-electron chi connectivity index (χ2n) is 4.76. The van der Waals surface area contributed by atoms with Gasteiger partial charge < -0.3 is 4.42 Å². The lowest BCUT2D eigenvalue weighted by atomic mass is 10.1. The monoisotopic (exact) mass is 245 g/mol. The van der Waals surface area contributed by atoms with Crippen molar-refractivity contribution in [3.05, 3.63) is 34.3 Å². The Morgan fingerprint density at radius 3 is 3.00 bits per heavy atom. The summed E-state index contributed by atoms with van der Waals surface area (Å²) in [4.78, 5) is 13.6. The Morgan fingerprint density at radius 1 is 1.50 bits per heavy atom. The molecule has 1 aromatic carbocycles. The summed E-state index contributed by atoms with van der Waals surface area (Å²) < 4.78 is 4.99. The highest BCUT2D eigenvalue weighted by Crippen LogP contribution is 2.12. The first-order chi connectivity index (χ1) is 8.50. The average Bonchev–Trinajstić information content (AvgIpc) is 2.68. The fourth-order valence-electron chi connectivity index (χ4n) is 1.70. The smallest absolute Gasteiger partial charge is 0.408 e. The van der Waals surface area contributed by atoms with E-state index in [1.165, 1.54) is 0 Å². The van der Waals surface area contributed by atoms with E-state index in [1.54, 1.807) is 0 Å². The normalized spacial score (nSPS) is 11.6. The van der Waals surface area contributed by atoms with Gasteiger partial charge in [-0.1, -0.05) is 6.07 Å².